The van der Waals surface area contributed by atoms with E-state index in [0.717, 1.165) is 7.11 Å². The molecular formula is C10H6F6O2. The van der Waals surface area contributed by atoms with Crippen molar-refractivity contribution in [2.45, 2.75) is 12.1 Å². The SMILES string of the molecule is COc1cc(F)ccc1C(=O)C(F)(F)C(F)(F)F. The second-order valence-corrected chi connectivity index (χ2v) is 3.25. The average molecular weight is 272 g/mol. The molecule has 0 aromatic heterocycles. The van der Waals surface area contributed by atoms with E-state index in [9.17, 15) is 31.1 Å². The highest BCUT2D eigenvalue weighted by molar-refractivity contribution is 6.04. The molecule has 2 nitrogen and oxygen atoms in total. The Hall–Kier alpha value is -1.73. The van der Waals surface area contributed by atoms with Crippen molar-refractivity contribution in [3.8, 4) is 5.75 Å². The van der Waals surface area contributed by atoms with E-state index in [1.807, 2.05) is 0 Å². The number of hydrogen-bond donors (Lipinski definition) is 0. The Bertz CT molecular complexity index is 466. The van der Waals surface area contributed by atoms with Crippen LogP contribution in [-0.4, -0.2) is 25.0 Å². The smallest absolute Gasteiger partial charge is 0.461 e. The Labute approximate surface area is 97.2 Å². The number of hydrogen-bond acceptors (Lipinski definition) is 2. The minimum Gasteiger partial charge on any atom is -0.496 e. The summed E-state index contributed by atoms with van der Waals surface area (Å²) in [6, 6.07) is 1.64. The molecule has 18 heavy (non-hydrogen) atoms. The predicted octanol–water partition coefficient (Wildman–Crippen LogP) is 3.21. The van der Waals surface area contributed by atoms with Gasteiger partial charge in [0.15, 0.2) is 0 Å². The summed E-state index contributed by atoms with van der Waals surface area (Å²) in [6.45, 7) is 0. The molecule has 0 aliphatic carbocycles. The van der Waals surface area contributed by atoms with E-state index in [1.54, 1.807) is 0 Å². The first-order valence-corrected chi connectivity index (χ1v) is 4.44. The van der Waals surface area contributed by atoms with Crippen molar-refractivity contribution in [1.82, 2.24) is 0 Å². The average Bonchev–Trinajstić information content (AvgIpc) is 2.26. The third kappa shape index (κ3) is 2.41. The molecule has 0 atom stereocenters. The molecule has 1 aromatic carbocycles. The van der Waals surface area contributed by atoms with Crippen LogP contribution in [0.4, 0.5) is 26.3 Å². The highest BCUT2D eigenvalue weighted by Gasteiger charge is 2.63. The molecule has 0 radical (unpaired) electrons. The zero-order chi connectivity index (χ0) is 14.1. The molecule has 0 aliphatic heterocycles. The van der Waals surface area contributed by atoms with E-state index < -0.39 is 35.0 Å². The minimum absolute atomic E-state index is 0.510. The quantitative estimate of drug-likeness (QED) is 0.623. The van der Waals surface area contributed by atoms with Gasteiger partial charge in [0.05, 0.1) is 12.7 Å². The topological polar surface area (TPSA) is 26.3 Å². The molecule has 1 aromatic rings. The summed E-state index contributed by atoms with van der Waals surface area (Å²) >= 11 is 0. The second-order valence-electron chi connectivity index (χ2n) is 3.25. The molecule has 1 rings (SSSR count). The first-order chi connectivity index (χ1) is 8.11. The van der Waals surface area contributed by atoms with Gasteiger partial charge in [-0.15, -0.1) is 0 Å². The summed E-state index contributed by atoms with van der Waals surface area (Å²) < 4.78 is 78.7. The van der Waals surface area contributed by atoms with Crippen molar-refractivity contribution in [1.29, 1.82) is 0 Å². The van der Waals surface area contributed by atoms with Gasteiger partial charge in [-0.05, 0) is 12.1 Å². The van der Waals surface area contributed by atoms with Crippen molar-refractivity contribution < 1.29 is 35.9 Å². The van der Waals surface area contributed by atoms with Gasteiger partial charge in [0, 0.05) is 6.07 Å². The minimum atomic E-state index is -6.02. The summed E-state index contributed by atoms with van der Waals surface area (Å²) in [6.07, 6.45) is -6.02. The molecule has 0 amide bonds. The molecule has 0 bridgehead atoms. The lowest BCUT2D eigenvalue weighted by molar-refractivity contribution is -0.255. The zero-order valence-electron chi connectivity index (χ0n) is 8.82. The molecular weight excluding hydrogens is 266 g/mol. The number of carbonyl (C=O) groups excluding carboxylic acids is 1. The molecule has 0 saturated heterocycles. The van der Waals surface area contributed by atoms with Crippen LogP contribution in [0.2, 0.25) is 0 Å². The summed E-state index contributed by atoms with van der Waals surface area (Å²) in [5, 5.41) is 0. The highest BCUT2D eigenvalue weighted by atomic mass is 19.4. The van der Waals surface area contributed by atoms with E-state index in [-0.39, 0.29) is 0 Å². The van der Waals surface area contributed by atoms with Gasteiger partial charge in [-0.3, -0.25) is 4.79 Å². The number of benzene rings is 1. The Balaban J connectivity index is 3.27. The molecule has 0 heterocycles. The summed E-state index contributed by atoms with van der Waals surface area (Å²) in [5.74, 6) is -9.67. The fourth-order valence-corrected chi connectivity index (χ4v) is 1.15. The Kier molecular flexibility index (Phi) is 3.59. The van der Waals surface area contributed by atoms with E-state index in [1.165, 1.54) is 0 Å². The predicted molar refractivity (Wildman–Crippen MR) is 48.3 cm³/mol. The molecule has 8 heteroatoms. The van der Waals surface area contributed by atoms with Crippen molar-refractivity contribution >= 4 is 5.78 Å². The van der Waals surface area contributed by atoms with E-state index >= 15 is 0 Å². The highest BCUT2D eigenvalue weighted by Crippen LogP contribution is 2.39. The van der Waals surface area contributed by atoms with E-state index in [4.69, 9.17) is 0 Å². The van der Waals surface area contributed by atoms with Crippen molar-refractivity contribution in [2.75, 3.05) is 7.11 Å². The van der Waals surface area contributed by atoms with Crippen molar-refractivity contribution in [2.24, 2.45) is 0 Å². The fraction of sp³-hybridized carbons (Fsp3) is 0.300. The summed E-state index contributed by atoms with van der Waals surface area (Å²) in [5.41, 5.74) is -1.04. The number of carbonyl (C=O) groups is 1. The van der Waals surface area contributed by atoms with Gasteiger partial charge in [-0.2, -0.15) is 22.0 Å². The number of rotatable bonds is 3. The molecule has 0 unspecified atom stereocenters. The summed E-state index contributed by atoms with van der Waals surface area (Å²) in [7, 11) is 0.914. The number of ether oxygens (including phenoxy) is 1. The van der Waals surface area contributed by atoms with Crippen LogP contribution < -0.4 is 4.74 Å². The molecule has 100 valence electrons. The molecule has 0 N–H and O–H groups in total. The van der Waals surface area contributed by atoms with Gasteiger partial charge in [0.1, 0.15) is 11.6 Å². The van der Waals surface area contributed by atoms with E-state index in [2.05, 4.69) is 4.74 Å². The third-order valence-electron chi connectivity index (χ3n) is 2.05. The van der Waals surface area contributed by atoms with Crippen LogP contribution in [-0.2, 0) is 0 Å². The molecule has 0 aliphatic rings. The first kappa shape index (κ1) is 14.3. The fourth-order valence-electron chi connectivity index (χ4n) is 1.15. The van der Waals surface area contributed by atoms with Crippen molar-refractivity contribution in [3.63, 3.8) is 0 Å². The van der Waals surface area contributed by atoms with Gasteiger partial charge in [-0.1, -0.05) is 0 Å². The van der Waals surface area contributed by atoms with Gasteiger partial charge in [0.25, 0.3) is 0 Å². The monoisotopic (exact) mass is 272 g/mol. The Morgan fingerprint density at radius 2 is 1.72 bits per heavy atom. The second kappa shape index (κ2) is 4.51. The Morgan fingerprint density at radius 1 is 1.17 bits per heavy atom. The van der Waals surface area contributed by atoms with Gasteiger partial charge < -0.3 is 4.74 Å². The maximum atomic E-state index is 12.8. The zero-order valence-corrected chi connectivity index (χ0v) is 8.82. The Morgan fingerprint density at radius 3 is 2.17 bits per heavy atom. The van der Waals surface area contributed by atoms with Crippen LogP contribution in [0.1, 0.15) is 10.4 Å². The number of halogens is 6. The first-order valence-electron chi connectivity index (χ1n) is 4.44. The van der Waals surface area contributed by atoms with Crippen LogP contribution in [0.25, 0.3) is 0 Å². The number of ketones is 1. The number of alkyl halides is 5. The lowest BCUT2D eigenvalue weighted by Crippen LogP contribution is -2.44. The standard InChI is InChI=1S/C10H6F6O2/c1-18-7-4-5(11)2-3-6(7)8(17)9(12,13)10(14,15)16/h2-4H,1H3. The van der Waals surface area contributed by atoms with Crippen LogP contribution in [0.5, 0.6) is 5.75 Å². The van der Waals surface area contributed by atoms with Crippen LogP contribution in [0.15, 0.2) is 18.2 Å². The van der Waals surface area contributed by atoms with Gasteiger partial charge in [0.2, 0.25) is 5.78 Å². The third-order valence-corrected chi connectivity index (χ3v) is 2.05. The van der Waals surface area contributed by atoms with Crippen LogP contribution in [0.3, 0.4) is 0 Å². The lowest BCUT2D eigenvalue weighted by Gasteiger charge is -2.19. The molecule has 0 saturated carbocycles. The normalized spacial score (nSPS) is 12.4. The molecule has 0 fully saturated rings. The van der Waals surface area contributed by atoms with Gasteiger partial charge >= 0.3 is 12.1 Å². The lowest BCUT2D eigenvalue weighted by atomic mass is 10.0. The number of Topliss-reactive ketones (excluding diaryl/α,β-unsaturated/α-hetero) is 1. The number of methoxy groups -OCH3 is 1. The van der Waals surface area contributed by atoms with Crippen molar-refractivity contribution in [3.05, 3.63) is 29.6 Å². The van der Waals surface area contributed by atoms with Crippen LogP contribution >= 0.6 is 0 Å². The summed E-state index contributed by atoms with van der Waals surface area (Å²) in [4.78, 5) is 11.1. The van der Waals surface area contributed by atoms with Crippen LogP contribution in [0, 0.1) is 5.82 Å². The largest absolute Gasteiger partial charge is 0.496 e. The van der Waals surface area contributed by atoms with Gasteiger partial charge in [-0.25, -0.2) is 4.39 Å². The molecule has 0 spiro atoms. The maximum Gasteiger partial charge on any atom is 0.461 e. The van der Waals surface area contributed by atoms with E-state index in [0.29, 0.717) is 18.2 Å². The maximum absolute atomic E-state index is 12.8.